The molecule has 2 aromatic rings. The summed E-state index contributed by atoms with van der Waals surface area (Å²) in [6, 6.07) is 17.7. The summed E-state index contributed by atoms with van der Waals surface area (Å²) in [4.78, 5) is 24.3. The predicted molar refractivity (Wildman–Crippen MR) is 154 cm³/mol. The van der Waals surface area contributed by atoms with E-state index in [4.69, 9.17) is 9.47 Å². The van der Waals surface area contributed by atoms with E-state index in [2.05, 4.69) is 48.5 Å². The maximum Gasteiger partial charge on any atom is 0.311 e. The van der Waals surface area contributed by atoms with E-state index in [1.807, 2.05) is 41.5 Å². The van der Waals surface area contributed by atoms with E-state index in [1.165, 1.54) is 28.7 Å². The summed E-state index contributed by atoms with van der Waals surface area (Å²) >= 11 is 0. The number of ether oxygens (including phenoxy) is 2. The quantitative estimate of drug-likeness (QED) is 0.222. The van der Waals surface area contributed by atoms with Crippen LogP contribution in [0.25, 0.3) is 0 Å². The molecule has 0 saturated heterocycles. The maximum absolute atomic E-state index is 12.3. The van der Waals surface area contributed by atoms with E-state index in [-0.39, 0.29) is 11.9 Å². The zero-order valence-corrected chi connectivity index (χ0v) is 24.5. The minimum absolute atomic E-state index is 0.127. The standard InChI is InChI=1S/C34H48O4/c1-33(2,3)31(35)37-21-11-10-15-27-19-20-28-18-17-26(23-25-13-8-7-9-14-25)24-30(28)29(27)16-12-22-38-32(36)34(4,5)6/h7-9,13-14,17-18,24,27,29H,10-12,15-16,19-23H2,1-6H3. The zero-order valence-electron chi connectivity index (χ0n) is 24.5. The minimum Gasteiger partial charge on any atom is -0.465 e. The third-order valence-electron chi connectivity index (χ3n) is 7.53. The molecule has 0 spiro atoms. The van der Waals surface area contributed by atoms with Crippen LogP contribution in [0.3, 0.4) is 0 Å². The molecule has 0 aliphatic heterocycles. The molecule has 0 radical (unpaired) electrons. The Morgan fingerprint density at radius 1 is 0.763 bits per heavy atom. The van der Waals surface area contributed by atoms with E-state index in [0.717, 1.165) is 44.9 Å². The second-order valence-corrected chi connectivity index (χ2v) is 13.0. The Balaban J connectivity index is 1.66. The highest BCUT2D eigenvalue weighted by Gasteiger charge is 2.30. The second-order valence-electron chi connectivity index (χ2n) is 13.0. The molecule has 0 aromatic heterocycles. The van der Waals surface area contributed by atoms with Crippen molar-refractivity contribution >= 4 is 11.9 Å². The van der Waals surface area contributed by atoms with E-state index < -0.39 is 10.8 Å². The molecule has 0 heterocycles. The summed E-state index contributed by atoms with van der Waals surface area (Å²) in [7, 11) is 0. The van der Waals surface area contributed by atoms with Gasteiger partial charge in [0.15, 0.2) is 0 Å². The molecule has 2 atom stereocenters. The van der Waals surface area contributed by atoms with Crippen LogP contribution in [0.5, 0.6) is 0 Å². The van der Waals surface area contributed by atoms with Crippen molar-refractivity contribution in [2.75, 3.05) is 13.2 Å². The molecule has 0 amide bonds. The van der Waals surface area contributed by atoms with Gasteiger partial charge in [0, 0.05) is 0 Å². The van der Waals surface area contributed by atoms with Crippen molar-refractivity contribution in [3.05, 3.63) is 70.8 Å². The Labute approximate surface area is 230 Å². The third kappa shape index (κ3) is 8.99. The first-order valence-electron chi connectivity index (χ1n) is 14.4. The molecule has 4 heteroatoms. The SMILES string of the molecule is CC(C)(C)C(=O)OCCCCC1CCc2ccc(Cc3ccccc3)cc2C1CCCOC(=O)C(C)(C)C. The highest BCUT2D eigenvalue weighted by molar-refractivity contribution is 5.75. The van der Waals surface area contributed by atoms with Crippen LogP contribution in [0.1, 0.15) is 108 Å². The normalized spacial score (nSPS) is 17.5. The summed E-state index contributed by atoms with van der Waals surface area (Å²) in [5.41, 5.74) is 4.71. The molecule has 4 nitrogen and oxygen atoms in total. The monoisotopic (exact) mass is 520 g/mol. The van der Waals surface area contributed by atoms with E-state index in [0.29, 0.717) is 25.0 Å². The average Bonchev–Trinajstić information content (AvgIpc) is 2.86. The summed E-state index contributed by atoms with van der Waals surface area (Å²) < 4.78 is 11.1. The molecule has 0 bridgehead atoms. The van der Waals surface area contributed by atoms with Gasteiger partial charge in [-0.05, 0) is 127 Å². The predicted octanol–water partition coefficient (Wildman–Crippen LogP) is 8.05. The number of fused-ring (bicyclic) bond motifs is 1. The van der Waals surface area contributed by atoms with Crippen LogP contribution in [0.4, 0.5) is 0 Å². The van der Waals surface area contributed by atoms with Crippen LogP contribution in [0.15, 0.2) is 48.5 Å². The number of esters is 2. The van der Waals surface area contributed by atoms with Gasteiger partial charge < -0.3 is 9.47 Å². The lowest BCUT2D eigenvalue weighted by Gasteiger charge is -2.34. The largest absolute Gasteiger partial charge is 0.465 e. The lowest BCUT2D eigenvalue weighted by molar-refractivity contribution is -0.153. The Bertz CT molecular complexity index is 1040. The number of aryl methyl sites for hydroxylation is 1. The van der Waals surface area contributed by atoms with Crippen molar-refractivity contribution in [3.8, 4) is 0 Å². The van der Waals surface area contributed by atoms with Gasteiger partial charge in [0.25, 0.3) is 0 Å². The molecule has 2 unspecified atom stereocenters. The number of unbranched alkanes of at least 4 members (excludes halogenated alkanes) is 1. The lowest BCUT2D eigenvalue weighted by atomic mass is 9.71. The number of benzene rings is 2. The molecule has 0 N–H and O–H groups in total. The Morgan fingerprint density at radius 3 is 2.03 bits per heavy atom. The summed E-state index contributed by atoms with van der Waals surface area (Å²) in [5.74, 6) is 0.789. The molecule has 0 saturated carbocycles. The number of carbonyl (C=O) groups excluding carboxylic acids is 2. The first kappa shape index (κ1) is 29.9. The van der Waals surface area contributed by atoms with Crippen LogP contribution in [0.2, 0.25) is 0 Å². The average molecular weight is 521 g/mol. The fourth-order valence-corrected chi connectivity index (χ4v) is 5.27. The van der Waals surface area contributed by atoms with Crippen LogP contribution in [-0.4, -0.2) is 25.2 Å². The van der Waals surface area contributed by atoms with Gasteiger partial charge in [0.2, 0.25) is 0 Å². The van der Waals surface area contributed by atoms with Crippen LogP contribution in [-0.2, 0) is 31.9 Å². The fraction of sp³-hybridized carbons (Fsp3) is 0.588. The Kier molecular flexibility index (Phi) is 10.6. The first-order chi connectivity index (χ1) is 17.9. The van der Waals surface area contributed by atoms with Gasteiger partial charge in [-0.2, -0.15) is 0 Å². The second kappa shape index (κ2) is 13.4. The Hall–Kier alpha value is -2.62. The molecule has 1 aliphatic carbocycles. The molecule has 1 aliphatic rings. The van der Waals surface area contributed by atoms with Crippen LogP contribution >= 0.6 is 0 Å². The maximum atomic E-state index is 12.3. The van der Waals surface area contributed by atoms with E-state index in [9.17, 15) is 9.59 Å². The smallest absolute Gasteiger partial charge is 0.311 e. The van der Waals surface area contributed by atoms with Gasteiger partial charge in [-0.15, -0.1) is 0 Å². The number of carbonyl (C=O) groups is 2. The molecule has 208 valence electrons. The van der Waals surface area contributed by atoms with Crippen LogP contribution < -0.4 is 0 Å². The van der Waals surface area contributed by atoms with Gasteiger partial charge >= 0.3 is 11.9 Å². The van der Waals surface area contributed by atoms with Crippen molar-refractivity contribution in [1.29, 1.82) is 0 Å². The highest BCUT2D eigenvalue weighted by Crippen LogP contribution is 2.42. The summed E-state index contributed by atoms with van der Waals surface area (Å²) in [6.07, 6.45) is 8.19. The first-order valence-corrected chi connectivity index (χ1v) is 14.4. The lowest BCUT2D eigenvalue weighted by Crippen LogP contribution is -2.25. The number of hydrogen-bond donors (Lipinski definition) is 0. The highest BCUT2D eigenvalue weighted by atomic mass is 16.5. The molecular formula is C34H48O4. The molecule has 3 rings (SSSR count). The van der Waals surface area contributed by atoms with Crippen LogP contribution in [0, 0.1) is 16.7 Å². The summed E-state index contributed by atoms with van der Waals surface area (Å²) in [6.45, 7) is 12.3. The number of rotatable bonds is 11. The minimum atomic E-state index is -0.469. The zero-order chi connectivity index (χ0) is 27.8. The van der Waals surface area contributed by atoms with Gasteiger partial charge in [-0.1, -0.05) is 48.5 Å². The Morgan fingerprint density at radius 2 is 1.39 bits per heavy atom. The van der Waals surface area contributed by atoms with E-state index in [1.54, 1.807) is 0 Å². The molecule has 38 heavy (non-hydrogen) atoms. The van der Waals surface area contributed by atoms with Gasteiger partial charge in [-0.25, -0.2) is 0 Å². The van der Waals surface area contributed by atoms with Crippen molar-refractivity contribution in [1.82, 2.24) is 0 Å². The van der Waals surface area contributed by atoms with Gasteiger partial charge in [-0.3, -0.25) is 9.59 Å². The number of hydrogen-bond acceptors (Lipinski definition) is 4. The van der Waals surface area contributed by atoms with Gasteiger partial charge in [0.05, 0.1) is 24.0 Å². The topological polar surface area (TPSA) is 52.6 Å². The fourth-order valence-electron chi connectivity index (χ4n) is 5.27. The molecule has 0 fully saturated rings. The van der Waals surface area contributed by atoms with Crippen molar-refractivity contribution in [2.24, 2.45) is 16.7 Å². The van der Waals surface area contributed by atoms with Gasteiger partial charge in [0.1, 0.15) is 0 Å². The molecule has 2 aromatic carbocycles. The molecular weight excluding hydrogens is 472 g/mol. The third-order valence-corrected chi connectivity index (χ3v) is 7.53. The van der Waals surface area contributed by atoms with Crippen molar-refractivity contribution in [2.45, 2.75) is 98.8 Å². The van der Waals surface area contributed by atoms with Crippen molar-refractivity contribution in [3.63, 3.8) is 0 Å². The van der Waals surface area contributed by atoms with Crippen molar-refractivity contribution < 1.29 is 19.1 Å². The summed E-state index contributed by atoms with van der Waals surface area (Å²) in [5, 5.41) is 0. The van der Waals surface area contributed by atoms with E-state index >= 15 is 0 Å².